The Kier molecular flexibility index (Phi) is 2.52. The van der Waals surface area contributed by atoms with Gasteiger partial charge in [0.25, 0.3) is 0 Å². The summed E-state index contributed by atoms with van der Waals surface area (Å²) in [5, 5.41) is 22.8. The number of tetrazole rings is 1. The summed E-state index contributed by atoms with van der Waals surface area (Å²) >= 11 is 0. The monoisotopic (exact) mass is 250 g/mol. The molecule has 1 aliphatic rings. The molecular weight excluding hydrogens is 240 g/mol. The Balaban J connectivity index is 1.77. The number of carboxylic acid groups (broad SMARTS) is 1. The average Bonchev–Trinajstić information content (AvgIpc) is 2.97. The van der Waals surface area contributed by atoms with Crippen LogP contribution in [0.1, 0.15) is 6.42 Å². The highest BCUT2D eigenvalue weighted by atomic mass is 16.5. The van der Waals surface area contributed by atoms with Gasteiger partial charge in [-0.1, -0.05) is 0 Å². The van der Waals surface area contributed by atoms with Gasteiger partial charge in [-0.3, -0.25) is 9.78 Å². The molecule has 1 fully saturated rings. The van der Waals surface area contributed by atoms with E-state index >= 15 is 0 Å². The molecule has 9 nitrogen and oxygen atoms in total. The van der Waals surface area contributed by atoms with E-state index in [1.807, 2.05) is 0 Å². The van der Waals surface area contributed by atoms with Gasteiger partial charge in [0, 0.05) is 13.0 Å². The van der Waals surface area contributed by atoms with E-state index in [1.54, 1.807) is 0 Å². The molecule has 9 heteroatoms. The number of aromatic nitrogens is 5. The largest absolute Gasteiger partial charge is 0.480 e. The molecule has 1 saturated heterocycles. The Morgan fingerprint density at radius 1 is 1.56 bits per heavy atom. The Bertz CT molecular complexity index is 584. The van der Waals surface area contributed by atoms with Crippen LogP contribution in [0, 0.1) is 0 Å². The quantitative estimate of drug-likeness (QED) is 0.691. The van der Waals surface area contributed by atoms with Crippen LogP contribution in [0.25, 0.3) is 5.65 Å². The van der Waals surface area contributed by atoms with Gasteiger partial charge >= 0.3 is 5.97 Å². The first-order valence-corrected chi connectivity index (χ1v) is 5.39. The predicted molar refractivity (Wildman–Crippen MR) is 57.0 cm³/mol. The van der Waals surface area contributed by atoms with Crippen LogP contribution in [0.15, 0.2) is 12.4 Å². The third kappa shape index (κ3) is 1.84. The number of carbonyl (C=O) groups is 1. The van der Waals surface area contributed by atoms with Crippen LogP contribution in [-0.2, 0) is 4.79 Å². The van der Waals surface area contributed by atoms with Crippen LogP contribution < -0.4 is 10.1 Å². The smallest absolute Gasteiger partial charge is 0.320 e. The number of rotatable bonds is 3. The molecule has 2 atom stereocenters. The number of nitrogens with one attached hydrogen (secondary N) is 1. The van der Waals surface area contributed by atoms with Crippen molar-refractivity contribution in [3.05, 3.63) is 12.4 Å². The first-order valence-electron chi connectivity index (χ1n) is 5.39. The summed E-state index contributed by atoms with van der Waals surface area (Å²) in [5.41, 5.74) is 0.480. The maximum atomic E-state index is 10.8. The minimum Gasteiger partial charge on any atom is -0.480 e. The lowest BCUT2D eigenvalue weighted by Crippen LogP contribution is -2.30. The number of hydrogen-bond donors (Lipinski definition) is 2. The minimum atomic E-state index is -0.875. The molecule has 3 rings (SSSR count). The molecule has 2 unspecified atom stereocenters. The van der Waals surface area contributed by atoms with E-state index in [1.165, 1.54) is 16.9 Å². The summed E-state index contributed by atoms with van der Waals surface area (Å²) in [4.78, 5) is 14.8. The number of hydrogen-bond acceptors (Lipinski definition) is 7. The Labute approximate surface area is 101 Å². The summed E-state index contributed by atoms with van der Waals surface area (Å²) in [6.07, 6.45) is 3.17. The van der Waals surface area contributed by atoms with Crippen molar-refractivity contribution in [2.75, 3.05) is 6.54 Å². The van der Waals surface area contributed by atoms with Gasteiger partial charge in [0.15, 0.2) is 0 Å². The summed E-state index contributed by atoms with van der Waals surface area (Å²) in [5.74, 6) is -0.477. The van der Waals surface area contributed by atoms with E-state index in [2.05, 4.69) is 25.8 Å². The molecule has 0 spiro atoms. The lowest BCUT2D eigenvalue weighted by molar-refractivity contribution is -0.139. The average molecular weight is 250 g/mol. The lowest BCUT2D eigenvalue weighted by Gasteiger charge is -2.11. The molecule has 0 radical (unpaired) electrons. The van der Waals surface area contributed by atoms with Crippen LogP contribution in [0.4, 0.5) is 0 Å². The minimum absolute atomic E-state index is 0.234. The fraction of sp³-hybridized carbons (Fsp3) is 0.444. The zero-order valence-corrected chi connectivity index (χ0v) is 9.22. The van der Waals surface area contributed by atoms with Crippen molar-refractivity contribution in [3.8, 4) is 5.88 Å². The number of ether oxygens (including phenoxy) is 1. The van der Waals surface area contributed by atoms with Gasteiger partial charge < -0.3 is 15.2 Å². The Morgan fingerprint density at radius 2 is 2.44 bits per heavy atom. The predicted octanol–water partition coefficient (Wildman–Crippen LogP) is -1.29. The van der Waals surface area contributed by atoms with Gasteiger partial charge in [0.2, 0.25) is 11.5 Å². The molecule has 0 aliphatic carbocycles. The van der Waals surface area contributed by atoms with Crippen LogP contribution in [-0.4, -0.2) is 54.8 Å². The molecule has 2 aromatic rings. The van der Waals surface area contributed by atoms with Gasteiger partial charge in [-0.2, -0.15) is 4.52 Å². The van der Waals surface area contributed by atoms with Gasteiger partial charge in [0.05, 0.1) is 12.4 Å². The fourth-order valence-electron chi connectivity index (χ4n) is 1.89. The van der Waals surface area contributed by atoms with E-state index in [-0.39, 0.29) is 6.10 Å². The highest BCUT2D eigenvalue weighted by Crippen LogP contribution is 2.16. The molecule has 1 aliphatic heterocycles. The second-order valence-corrected chi connectivity index (χ2v) is 3.97. The molecular formula is C9H10N6O3. The number of aliphatic carboxylic acids is 1. The number of carboxylic acids is 1. The zero-order chi connectivity index (χ0) is 12.5. The van der Waals surface area contributed by atoms with Gasteiger partial charge in [-0.05, 0) is 10.4 Å². The summed E-state index contributed by atoms with van der Waals surface area (Å²) < 4.78 is 7.08. The Hall–Kier alpha value is -2.29. The molecule has 2 aromatic heterocycles. The standard InChI is InChI=1S/C9H10N6O3/c16-9(17)6-1-5(2-11-6)18-8-4-10-3-7-12-13-14-15(7)8/h3-6,11H,1-2H2,(H,16,17). The lowest BCUT2D eigenvalue weighted by atomic mass is 10.2. The van der Waals surface area contributed by atoms with Crippen molar-refractivity contribution in [1.29, 1.82) is 0 Å². The number of fused-ring (bicyclic) bond motifs is 1. The van der Waals surface area contributed by atoms with E-state index in [0.29, 0.717) is 24.5 Å². The van der Waals surface area contributed by atoms with Gasteiger partial charge in [-0.15, -0.1) is 5.10 Å². The molecule has 0 saturated carbocycles. The van der Waals surface area contributed by atoms with Crippen LogP contribution in [0.3, 0.4) is 0 Å². The normalized spacial score (nSPS) is 23.3. The molecule has 18 heavy (non-hydrogen) atoms. The highest BCUT2D eigenvalue weighted by Gasteiger charge is 2.30. The molecule has 94 valence electrons. The molecule has 0 aromatic carbocycles. The SMILES string of the molecule is O=C(O)C1CC(Oc2cncc3nnnn23)CN1. The van der Waals surface area contributed by atoms with E-state index in [9.17, 15) is 4.79 Å². The molecule has 2 N–H and O–H groups in total. The highest BCUT2D eigenvalue weighted by molar-refractivity contribution is 5.73. The van der Waals surface area contributed by atoms with E-state index in [4.69, 9.17) is 9.84 Å². The topological polar surface area (TPSA) is 115 Å². The van der Waals surface area contributed by atoms with Crippen LogP contribution in [0.2, 0.25) is 0 Å². The third-order valence-corrected chi connectivity index (χ3v) is 2.75. The molecule has 3 heterocycles. The molecule has 0 bridgehead atoms. The second-order valence-electron chi connectivity index (χ2n) is 3.97. The maximum Gasteiger partial charge on any atom is 0.320 e. The van der Waals surface area contributed by atoms with Crippen molar-refractivity contribution in [2.24, 2.45) is 0 Å². The van der Waals surface area contributed by atoms with Gasteiger partial charge in [-0.25, -0.2) is 0 Å². The first-order chi connectivity index (χ1) is 8.74. The van der Waals surface area contributed by atoms with Crippen LogP contribution in [0.5, 0.6) is 5.88 Å². The summed E-state index contributed by atoms with van der Waals surface area (Å²) in [6.45, 7) is 0.468. The third-order valence-electron chi connectivity index (χ3n) is 2.75. The van der Waals surface area contributed by atoms with Crippen molar-refractivity contribution in [3.63, 3.8) is 0 Å². The van der Waals surface area contributed by atoms with Crippen molar-refractivity contribution < 1.29 is 14.6 Å². The van der Waals surface area contributed by atoms with Gasteiger partial charge in [0.1, 0.15) is 12.1 Å². The summed E-state index contributed by atoms with van der Waals surface area (Å²) in [7, 11) is 0. The Morgan fingerprint density at radius 3 is 3.22 bits per heavy atom. The van der Waals surface area contributed by atoms with Crippen molar-refractivity contribution in [1.82, 2.24) is 30.3 Å². The first kappa shape index (κ1) is 10.8. The van der Waals surface area contributed by atoms with Crippen molar-refractivity contribution >= 4 is 11.6 Å². The number of nitrogens with zero attached hydrogens (tertiary/aromatic N) is 5. The van der Waals surface area contributed by atoms with E-state index < -0.39 is 12.0 Å². The fourth-order valence-corrected chi connectivity index (χ4v) is 1.89. The van der Waals surface area contributed by atoms with E-state index in [0.717, 1.165) is 0 Å². The second kappa shape index (κ2) is 4.18. The zero-order valence-electron chi connectivity index (χ0n) is 9.22. The molecule has 0 amide bonds. The van der Waals surface area contributed by atoms with Crippen molar-refractivity contribution in [2.45, 2.75) is 18.6 Å². The maximum absolute atomic E-state index is 10.8. The van der Waals surface area contributed by atoms with Crippen LogP contribution >= 0.6 is 0 Å². The summed E-state index contributed by atoms with van der Waals surface area (Å²) in [6, 6.07) is -0.573.